The zero-order chi connectivity index (χ0) is 26.4. The van der Waals surface area contributed by atoms with Crippen LogP contribution in [0.5, 0.6) is 0 Å². The molecule has 8 heteroatoms. The molecule has 0 aliphatic heterocycles. The Morgan fingerprint density at radius 1 is 0.800 bits per heavy atom. The highest BCUT2D eigenvalue weighted by Crippen LogP contribution is 2.36. The van der Waals surface area contributed by atoms with Gasteiger partial charge in [0.2, 0.25) is 0 Å². The Kier molecular flexibility index (Phi) is 9.76. The molecule has 0 aliphatic rings. The highest BCUT2D eigenvalue weighted by molar-refractivity contribution is 6.42. The minimum Gasteiger partial charge on any atom is -0.461 e. The maximum atomic E-state index is 13.3. The van der Waals surface area contributed by atoms with Crippen molar-refractivity contribution in [3.8, 4) is 0 Å². The lowest BCUT2D eigenvalue weighted by Gasteiger charge is -2.30. The van der Waals surface area contributed by atoms with Crippen molar-refractivity contribution in [1.29, 1.82) is 0 Å². The molecule has 1 unspecified atom stereocenters. The smallest absolute Gasteiger partial charge is 0.321 e. The van der Waals surface area contributed by atoms with Gasteiger partial charge in [-0.1, -0.05) is 59.6 Å². The van der Waals surface area contributed by atoms with Crippen LogP contribution in [-0.4, -0.2) is 29.1 Å². The van der Waals surface area contributed by atoms with E-state index in [0.29, 0.717) is 10.6 Å². The van der Waals surface area contributed by atoms with Crippen LogP contribution in [0.4, 0.5) is 0 Å². The van der Waals surface area contributed by atoms with Crippen molar-refractivity contribution in [3.63, 3.8) is 0 Å². The predicted molar refractivity (Wildman–Crippen MR) is 135 cm³/mol. The lowest BCUT2D eigenvalue weighted by Crippen LogP contribution is -2.40. The lowest BCUT2D eigenvalue weighted by molar-refractivity contribution is -0.176. The molecule has 0 bridgehead atoms. The van der Waals surface area contributed by atoms with Crippen LogP contribution >= 0.6 is 23.2 Å². The number of rotatable bonds is 8. The first-order valence-corrected chi connectivity index (χ1v) is 12.0. The molecule has 190 valence electrons. The van der Waals surface area contributed by atoms with E-state index in [0.717, 1.165) is 5.56 Å². The van der Waals surface area contributed by atoms with Crippen molar-refractivity contribution in [2.45, 2.75) is 71.7 Å². The first-order valence-electron chi connectivity index (χ1n) is 11.3. The molecule has 35 heavy (non-hydrogen) atoms. The molecule has 6 nitrogen and oxygen atoms in total. The molecule has 2 rings (SSSR count). The summed E-state index contributed by atoms with van der Waals surface area (Å²) in [5.41, 5.74) is -0.471. The lowest BCUT2D eigenvalue weighted by atomic mass is 9.83. The summed E-state index contributed by atoms with van der Waals surface area (Å²) in [6.45, 7) is 10.2. The number of hydrogen-bond acceptors (Lipinski definition) is 6. The molecule has 0 N–H and O–H groups in total. The van der Waals surface area contributed by atoms with Crippen LogP contribution in [0.2, 0.25) is 10.0 Å². The summed E-state index contributed by atoms with van der Waals surface area (Å²) < 4.78 is 16.5. The highest BCUT2D eigenvalue weighted by Gasteiger charge is 2.42. The Morgan fingerprint density at radius 2 is 1.34 bits per heavy atom. The van der Waals surface area contributed by atoms with Crippen molar-refractivity contribution in [2.24, 2.45) is 5.92 Å². The van der Waals surface area contributed by atoms with Gasteiger partial charge >= 0.3 is 17.9 Å². The number of ether oxygens (including phenoxy) is 3. The molecule has 1 atom stereocenters. The Morgan fingerprint density at radius 3 is 1.83 bits per heavy atom. The maximum Gasteiger partial charge on any atom is 0.321 e. The van der Waals surface area contributed by atoms with E-state index in [9.17, 15) is 14.4 Å². The van der Waals surface area contributed by atoms with Gasteiger partial charge in [-0.15, -0.1) is 0 Å². The van der Waals surface area contributed by atoms with Gasteiger partial charge in [0.25, 0.3) is 0 Å². The van der Waals surface area contributed by atoms with Crippen molar-refractivity contribution in [3.05, 3.63) is 69.7 Å². The molecule has 0 aliphatic carbocycles. The van der Waals surface area contributed by atoms with E-state index >= 15 is 0 Å². The Bertz CT molecular complexity index is 1010. The van der Waals surface area contributed by atoms with Crippen molar-refractivity contribution in [2.75, 3.05) is 0 Å². The number of benzene rings is 2. The third kappa shape index (κ3) is 9.54. The van der Waals surface area contributed by atoms with Gasteiger partial charge in [-0.05, 0) is 64.8 Å². The maximum absolute atomic E-state index is 13.3. The van der Waals surface area contributed by atoms with Crippen LogP contribution < -0.4 is 0 Å². The largest absolute Gasteiger partial charge is 0.461 e. The fraction of sp³-hybridized carbons (Fsp3) is 0.444. The fourth-order valence-corrected chi connectivity index (χ4v) is 3.61. The summed E-state index contributed by atoms with van der Waals surface area (Å²) in [5, 5.41) is 0.519. The minimum atomic E-state index is -1.44. The summed E-state index contributed by atoms with van der Waals surface area (Å²) in [5.74, 6) is -4.60. The van der Waals surface area contributed by atoms with Gasteiger partial charge in [0.1, 0.15) is 17.8 Å². The Labute approximate surface area is 216 Å². The number of carbonyl (C=O) groups is 3. The van der Waals surface area contributed by atoms with E-state index in [2.05, 4.69) is 0 Å². The topological polar surface area (TPSA) is 78.9 Å². The third-order valence-corrected chi connectivity index (χ3v) is 5.46. The molecule has 2 aromatic carbocycles. The van der Waals surface area contributed by atoms with Crippen LogP contribution in [0.1, 0.15) is 65.0 Å². The molecule has 0 fully saturated rings. The van der Waals surface area contributed by atoms with Gasteiger partial charge in [-0.3, -0.25) is 14.4 Å². The zero-order valence-electron chi connectivity index (χ0n) is 20.9. The second-order valence-corrected chi connectivity index (χ2v) is 11.0. The molecule has 0 radical (unpaired) electrons. The number of esters is 3. The third-order valence-electron chi connectivity index (χ3n) is 4.72. The predicted octanol–water partition coefficient (Wildman–Crippen LogP) is 6.51. The summed E-state index contributed by atoms with van der Waals surface area (Å²) in [6, 6.07) is 13.9. The Balaban J connectivity index is 2.44. The number of hydrogen-bond donors (Lipinski definition) is 0. The van der Waals surface area contributed by atoms with E-state index in [1.807, 2.05) is 30.3 Å². The quantitative estimate of drug-likeness (QED) is 0.223. The summed E-state index contributed by atoms with van der Waals surface area (Å²) >= 11 is 12.3. The second kappa shape index (κ2) is 11.9. The second-order valence-electron chi connectivity index (χ2n) is 10.2. The molecule has 0 spiro atoms. The molecule has 2 aromatic rings. The zero-order valence-corrected chi connectivity index (χ0v) is 22.4. The van der Waals surface area contributed by atoms with Gasteiger partial charge < -0.3 is 14.2 Å². The number of carbonyl (C=O) groups excluding carboxylic acids is 3. The van der Waals surface area contributed by atoms with Crippen LogP contribution in [0.3, 0.4) is 0 Å². The first-order chi connectivity index (χ1) is 16.2. The van der Waals surface area contributed by atoms with E-state index in [-0.39, 0.29) is 18.1 Å². The van der Waals surface area contributed by atoms with Crippen LogP contribution in [0.25, 0.3) is 0 Å². The number of halogens is 2. The molecular formula is C27H32Cl2O6. The van der Waals surface area contributed by atoms with Gasteiger partial charge in [0.05, 0.1) is 16.5 Å². The average molecular weight is 523 g/mol. The standard InChI is InChI=1S/C27H32Cl2O6/c1-26(2,3)34-24(31)23(25(32)35-27(4,5)6)19(18-12-13-20(28)21(29)14-18)15-22(30)33-16-17-10-8-7-9-11-17/h7-14,19,23H,15-16H2,1-6H3. The molecule has 0 aromatic heterocycles. The van der Waals surface area contributed by atoms with E-state index in [4.69, 9.17) is 37.4 Å². The summed E-state index contributed by atoms with van der Waals surface area (Å²) in [4.78, 5) is 39.4. The monoisotopic (exact) mass is 522 g/mol. The SMILES string of the molecule is CC(C)(C)OC(=O)C(C(=O)OC(C)(C)C)C(CC(=O)OCc1ccccc1)c1ccc(Cl)c(Cl)c1. The van der Waals surface area contributed by atoms with Gasteiger partial charge in [0, 0.05) is 5.92 Å². The van der Waals surface area contributed by atoms with E-state index < -0.39 is 40.9 Å². The average Bonchev–Trinajstić information content (AvgIpc) is 2.72. The minimum absolute atomic E-state index is 0.0529. The first kappa shape index (κ1) is 28.7. The summed E-state index contributed by atoms with van der Waals surface area (Å²) in [6.07, 6.45) is -0.284. The summed E-state index contributed by atoms with van der Waals surface area (Å²) in [7, 11) is 0. The molecule has 0 heterocycles. The van der Waals surface area contributed by atoms with Crippen LogP contribution in [0.15, 0.2) is 48.5 Å². The molecule has 0 saturated heterocycles. The Hall–Kier alpha value is -2.57. The highest BCUT2D eigenvalue weighted by atomic mass is 35.5. The molecule has 0 saturated carbocycles. The normalized spacial score (nSPS) is 12.7. The van der Waals surface area contributed by atoms with E-state index in [1.165, 1.54) is 6.07 Å². The fourth-order valence-electron chi connectivity index (χ4n) is 3.30. The van der Waals surface area contributed by atoms with Crippen molar-refractivity contribution in [1.82, 2.24) is 0 Å². The van der Waals surface area contributed by atoms with Crippen LogP contribution in [0, 0.1) is 5.92 Å². The van der Waals surface area contributed by atoms with Gasteiger partial charge in [-0.2, -0.15) is 0 Å². The van der Waals surface area contributed by atoms with Crippen LogP contribution in [-0.2, 0) is 35.2 Å². The van der Waals surface area contributed by atoms with Crippen molar-refractivity contribution < 1.29 is 28.6 Å². The van der Waals surface area contributed by atoms with E-state index in [1.54, 1.807) is 53.7 Å². The molecular weight excluding hydrogens is 491 g/mol. The van der Waals surface area contributed by atoms with Gasteiger partial charge in [0.15, 0.2) is 5.92 Å². The van der Waals surface area contributed by atoms with Crippen molar-refractivity contribution >= 4 is 41.1 Å². The molecule has 0 amide bonds. The van der Waals surface area contributed by atoms with Gasteiger partial charge in [-0.25, -0.2) is 0 Å².